The molecule has 0 fully saturated rings. The van der Waals surface area contributed by atoms with Crippen molar-refractivity contribution in [2.45, 2.75) is 91.3 Å². The zero-order valence-electron chi connectivity index (χ0n) is 21.5. The second-order valence-corrected chi connectivity index (χ2v) is 8.27. The van der Waals surface area contributed by atoms with Crippen LogP contribution in [-0.4, -0.2) is 30.0 Å². The average molecular weight is 488 g/mol. The van der Waals surface area contributed by atoms with Crippen LogP contribution in [0.15, 0.2) is 64.2 Å². The quantitative estimate of drug-likeness (QED) is 0.171. The van der Waals surface area contributed by atoms with Crippen LogP contribution >= 0.6 is 0 Å². The Morgan fingerprint density at radius 2 is 2.03 bits per heavy atom. The number of alkyl halides is 2. The third-order valence-corrected chi connectivity index (χ3v) is 5.28. The Labute approximate surface area is 209 Å². The van der Waals surface area contributed by atoms with E-state index < -0.39 is 12.0 Å². The van der Waals surface area contributed by atoms with Crippen molar-refractivity contribution in [3.8, 4) is 12.3 Å². The van der Waals surface area contributed by atoms with Gasteiger partial charge in [-0.1, -0.05) is 62.6 Å². The van der Waals surface area contributed by atoms with Crippen molar-refractivity contribution in [2.24, 2.45) is 4.99 Å². The molecule has 0 radical (unpaired) electrons. The lowest BCUT2D eigenvalue weighted by Gasteiger charge is -2.19. The van der Waals surface area contributed by atoms with Crippen LogP contribution in [0.25, 0.3) is 0 Å². The van der Waals surface area contributed by atoms with E-state index in [1.54, 1.807) is 18.2 Å². The monoisotopic (exact) mass is 487 g/mol. The van der Waals surface area contributed by atoms with Gasteiger partial charge in [0.05, 0.1) is 0 Å². The Morgan fingerprint density at radius 1 is 1.29 bits per heavy atom. The molecule has 1 aliphatic heterocycles. The minimum atomic E-state index is -2.93. The van der Waals surface area contributed by atoms with Crippen LogP contribution < -0.4 is 10.9 Å². The number of hydrogen-bond donors (Lipinski definition) is 2. The van der Waals surface area contributed by atoms with Crippen LogP contribution in [0.3, 0.4) is 0 Å². The number of halogens is 2. The molecule has 5 nitrogen and oxygen atoms in total. The van der Waals surface area contributed by atoms with Crippen molar-refractivity contribution in [1.82, 2.24) is 10.9 Å². The first kappa shape index (κ1) is 30.1. The molecule has 0 aromatic rings. The Morgan fingerprint density at radius 3 is 2.60 bits per heavy atom. The van der Waals surface area contributed by atoms with Crippen LogP contribution in [0.4, 0.5) is 8.78 Å². The Hall–Kier alpha value is -2.98. The fraction of sp³-hybridized carbons (Fsp3) is 0.500. The highest BCUT2D eigenvalue weighted by Crippen LogP contribution is 2.26. The summed E-state index contributed by atoms with van der Waals surface area (Å²) in [7, 11) is 0. The molecule has 1 rings (SSSR count). The maximum atomic E-state index is 13.8. The number of esters is 1. The summed E-state index contributed by atoms with van der Waals surface area (Å²) in [6.07, 6.45) is 19.8. The zero-order valence-corrected chi connectivity index (χ0v) is 21.5. The van der Waals surface area contributed by atoms with Crippen LogP contribution in [0.5, 0.6) is 0 Å². The van der Waals surface area contributed by atoms with Crippen LogP contribution in [-0.2, 0) is 9.53 Å². The van der Waals surface area contributed by atoms with Gasteiger partial charge in [-0.15, -0.1) is 6.42 Å². The number of terminal acetylenes is 1. The average Bonchev–Trinajstić information content (AvgIpc) is 3.26. The SMILES string of the molecule is C#C/C=C(\C=C/C)C1=NC(CCCC(=O)OC(CCC)C(/C=C\C(=C/CC)C(C)(F)F)=C/C)NN1. The molecule has 7 heteroatoms. The van der Waals surface area contributed by atoms with Crippen molar-refractivity contribution in [1.29, 1.82) is 0 Å². The summed E-state index contributed by atoms with van der Waals surface area (Å²) in [6, 6.07) is 0. The minimum absolute atomic E-state index is 0.0480. The van der Waals surface area contributed by atoms with E-state index in [1.165, 1.54) is 12.2 Å². The largest absolute Gasteiger partial charge is 0.457 e. The number of nitrogens with zero attached hydrogens (tertiary/aromatic N) is 1. The van der Waals surface area contributed by atoms with Gasteiger partial charge in [-0.05, 0) is 51.2 Å². The predicted octanol–water partition coefficient (Wildman–Crippen LogP) is 6.33. The van der Waals surface area contributed by atoms with E-state index in [2.05, 4.69) is 21.8 Å². The molecular weight excluding hydrogens is 448 g/mol. The van der Waals surface area contributed by atoms with E-state index in [0.717, 1.165) is 18.9 Å². The van der Waals surface area contributed by atoms with Crippen molar-refractivity contribution in [3.63, 3.8) is 0 Å². The third kappa shape index (κ3) is 10.9. The van der Waals surface area contributed by atoms with E-state index in [4.69, 9.17) is 11.2 Å². The van der Waals surface area contributed by atoms with Crippen LogP contribution in [0, 0.1) is 12.3 Å². The second kappa shape index (κ2) is 15.8. The standard InChI is InChI=1S/C28H39F2N3O2/c1-7-13-22(14-8-2)27-31-25(32-33-27)17-12-18-26(34)35-24(16-10-4)21(11-5)19-20-23(15-9-3)28(6,29)30/h1,8,11,13-15,19-20,24-25,32H,9-10,12,16-18H2,2-6H3,(H,31,33)/b14-8-,20-19-,21-11+,22-13+,23-15+. The summed E-state index contributed by atoms with van der Waals surface area (Å²) in [4.78, 5) is 17.1. The zero-order chi connectivity index (χ0) is 26.3. The summed E-state index contributed by atoms with van der Waals surface area (Å²) in [5.41, 5.74) is 7.57. The summed E-state index contributed by atoms with van der Waals surface area (Å²) in [5, 5.41) is 0. The first-order chi connectivity index (χ1) is 16.7. The van der Waals surface area contributed by atoms with Crippen molar-refractivity contribution in [3.05, 3.63) is 59.3 Å². The van der Waals surface area contributed by atoms with Crippen molar-refractivity contribution < 1.29 is 18.3 Å². The fourth-order valence-electron chi connectivity index (χ4n) is 3.52. The summed E-state index contributed by atoms with van der Waals surface area (Å²) in [5.74, 6) is -0.0906. The minimum Gasteiger partial charge on any atom is -0.457 e. The van der Waals surface area contributed by atoms with Gasteiger partial charge >= 0.3 is 5.97 Å². The van der Waals surface area contributed by atoms with Crippen molar-refractivity contribution >= 4 is 11.8 Å². The molecule has 0 aliphatic carbocycles. The molecule has 192 valence electrons. The second-order valence-electron chi connectivity index (χ2n) is 8.27. The molecule has 2 atom stereocenters. The summed E-state index contributed by atoms with van der Waals surface area (Å²) in [6.45, 7) is 8.40. The van der Waals surface area contributed by atoms with E-state index >= 15 is 0 Å². The molecule has 1 aliphatic rings. The maximum absolute atomic E-state index is 13.8. The highest BCUT2D eigenvalue weighted by Gasteiger charge is 2.25. The smallest absolute Gasteiger partial charge is 0.306 e. The van der Waals surface area contributed by atoms with Gasteiger partial charge in [0.1, 0.15) is 18.1 Å². The van der Waals surface area contributed by atoms with Crippen molar-refractivity contribution in [2.75, 3.05) is 0 Å². The molecule has 2 unspecified atom stereocenters. The number of nitrogens with one attached hydrogen (secondary N) is 2. The normalized spacial score (nSPS) is 18.5. The molecule has 0 saturated heterocycles. The molecule has 0 aromatic carbocycles. The van der Waals surface area contributed by atoms with Gasteiger partial charge in [-0.25, -0.2) is 19.2 Å². The molecule has 2 N–H and O–H groups in total. The number of hydrogen-bond acceptors (Lipinski definition) is 5. The molecule has 1 heterocycles. The number of ether oxygens (including phenoxy) is 1. The Kier molecular flexibility index (Phi) is 13.6. The molecular formula is C28H39F2N3O2. The van der Waals surface area contributed by atoms with Gasteiger partial charge in [0, 0.05) is 24.5 Å². The van der Waals surface area contributed by atoms with E-state index in [9.17, 15) is 13.6 Å². The lowest BCUT2D eigenvalue weighted by atomic mass is 10.0. The van der Waals surface area contributed by atoms with Crippen LogP contribution in [0.2, 0.25) is 0 Å². The predicted molar refractivity (Wildman–Crippen MR) is 140 cm³/mol. The van der Waals surface area contributed by atoms with Gasteiger partial charge < -0.3 is 10.2 Å². The lowest BCUT2D eigenvalue weighted by Crippen LogP contribution is -2.35. The third-order valence-electron chi connectivity index (χ3n) is 5.28. The molecule has 0 spiro atoms. The first-order valence-corrected chi connectivity index (χ1v) is 12.2. The topological polar surface area (TPSA) is 62.7 Å². The maximum Gasteiger partial charge on any atom is 0.306 e. The fourth-order valence-corrected chi connectivity index (χ4v) is 3.52. The molecule has 0 aromatic heterocycles. The lowest BCUT2D eigenvalue weighted by molar-refractivity contribution is -0.147. The number of carbonyl (C=O) groups excluding carboxylic acids is 1. The van der Waals surface area contributed by atoms with Gasteiger partial charge in [0.25, 0.3) is 5.92 Å². The number of rotatable bonds is 14. The summed E-state index contributed by atoms with van der Waals surface area (Å²) < 4.78 is 33.4. The Balaban J connectivity index is 2.72. The number of hydrazine groups is 1. The Bertz CT molecular complexity index is 915. The van der Waals surface area contributed by atoms with E-state index in [0.29, 0.717) is 37.1 Å². The van der Waals surface area contributed by atoms with E-state index in [-0.39, 0.29) is 24.1 Å². The number of amidine groups is 1. The number of aliphatic imine (C=N–C) groups is 1. The van der Waals surface area contributed by atoms with E-state index in [1.807, 2.05) is 39.8 Å². The highest BCUT2D eigenvalue weighted by atomic mass is 19.3. The molecule has 35 heavy (non-hydrogen) atoms. The number of allylic oxidation sites excluding steroid dienone is 6. The van der Waals surface area contributed by atoms with Gasteiger partial charge in [0.15, 0.2) is 0 Å². The molecule has 0 bridgehead atoms. The van der Waals surface area contributed by atoms with Crippen LogP contribution in [0.1, 0.15) is 73.1 Å². The number of carbonyl (C=O) groups is 1. The van der Waals surface area contributed by atoms with Gasteiger partial charge in [0.2, 0.25) is 0 Å². The molecule has 0 saturated carbocycles. The first-order valence-electron chi connectivity index (χ1n) is 12.2. The van der Waals surface area contributed by atoms with Gasteiger partial charge in [-0.2, -0.15) is 0 Å². The molecule has 0 amide bonds. The highest BCUT2D eigenvalue weighted by molar-refractivity contribution is 6.01. The summed E-state index contributed by atoms with van der Waals surface area (Å²) >= 11 is 0. The van der Waals surface area contributed by atoms with Gasteiger partial charge in [-0.3, -0.25) is 4.79 Å².